The van der Waals surface area contributed by atoms with E-state index in [0.717, 1.165) is 5.56 Å². The summed E-state index contributed by atoms with van der Waals surface area (Å²) in [6.45, 7) is 4.06. The minimum Gasteiger partial charge on any atom is -0.507 e. The zero-order valence-corrected chi connectivity index (χ0v) is 11.7. The first kappa shape index (κ1) is 14.1. The van der Waals surface area contributed by atoms with Crippen LogP contribution >= 0.6 is 0 Å². The van der Waals surface area contributed by atoms with Gasteiger partial charge < -0.3 is 5.11 Å². The number of carbonyl (C=O) groups is 1. The first-order valence-corrected chi connectivity index (χ1v) is 6.69. The number of Topliss-reactive ketones (excluding diaryl/α,β-unsaturated/α-hetero) is 1. The summed E-state index contributed by atoms with van der Waals surface area (Å²) in [7, 11) is 0. The van der Waals surface area contributed by atoms with Gasteiger partial charge in [0.1, 0.15) is 5.75 Å². The van der Waals surface area contributed by atoms with Crippen LogP contribution < -0.4 is 0 Å². The van der Waals surface area contributed by atoms with Gasteiger partial charge >= 0.3 is 0 Å². The number of ketones is 1. The van der Waals surface area contributed by atoms with E-state index in [1.165, 1.54) is 6.07 Å². The molecule has 20 heavy (non-hydrogen) atoms. The molecule has 0 unspecified atom stereocenters. The van der Waals surface area contributed by atoms with Gasteiger partial charge in [0.25, 0.3) is 0 Å². The number of aromatic hydroxyl groups is 1. The average molecular weight is 266 g/mol. The number of rotatable bonds is 4. The summed E-state index contributed by atoms with van der Waals surface area (Å²) in [5.74, 6) is 0.117. The van der Waals surface area contributed by atoms with Crippen molar-refractivity contribution in [1.82, 2.24) is 0 Å². The molecule has 0 saturated heterocycles. The Kier molecular flexibility index (Phi) is 4.36. The molecule has 2 aromatic carbocycles. The molecule has 102 valence electrons. The van der Waals surface area contributed by atoms with Crippen molar-refractivity contribution >= 4 is 11.4 Å². The summed E-state index contributed by atoms with van der Waals surface area (Å²) in [5.41, 5.74) is 1.83. The molecule has 0 fully saturated rings. The van der Waals surface area contributed by atoms with E-state index >= 15 is 0 Å². The van der Waals surface area contributed by atoms with Crippen LogP contribution in [0.3, 0.4) is 0 Å². The van der Waals surface area contributed by atoms with Crippen LogP contribution in [0, 0.1) is 5.92 Å². The van der Waals surface area contributed by atoms with Gasteiger partial charge in [0.15, 0.2) is 5.78 Å². The first-order valence-electron chi connectivity index (χ1n) is 6.69. The lowest BCUT2D eigenvalue weighted by Crippen LogP contribution is -2.04. The van der Waals surface area contributed by atoms with Crippen molar-refractivity contribution in [2.45, 2.75) is 13.8 Å². The molecule has 2 rings (SSSR count). The van der Waals surface area contributed by atoms with E-state index in [0.29, 0.717) is 11.1 Å². The summed E-state index contributed by atoms with van der Waals surface area (Å²) in [4.78, 5) is 12.7. The van der Waals surface area contributed by atoms with E-state index < -0.39 is 0 Å². The Morgan fingerprint density at radius 1 is 1.00 bits per heavy atom. The van der Waals surface area contributed by atoms with Crippen LogP contribution in [0.4, 0.5) is 0 Å². The quantitative estimate of drug-likeness (QED) is 0.661. The van der Waals surface area contributed by atoms with E-state index in [1.54, 1.807) is 18.2 Å². The second-order valence-electron chi connectivity index (χ2n) is 5.04. The number of phenolic OH excluding ortho intramolecular Hbond substituents is 1. The Balaban J connectivity index is 2.49. The minimum atomic E-state index is -0.150. The zero-order chi connectivity index (χ0) is 14.5. The number of carbonyl (C=O) groups excluding carboxylic acids is 1. The maximum Gasteiger partial charge on any atom is 0.197 e. The van der Waals surface area contributed by atoms with Crippen LogP contribution in [-0.2, 0) is 0 Å². The number of phenols is 1. The predicted molar refractivity (Wildman–Crippen MR) is 81.7 cm³/mol. The van der Waals surface area contributed by atoms with Gasteiger partial charge in [-0.1, -0.05) is 62.4 Å². The van der Waals surface area contributed by atoms with Gasteiger partial charge in [0.05, 0.1) is 5.56 Å². The highest BCUT2D eigenvalue weighted by atomic mass is 16.3. The van der Waals surface area contributed by atoms with Crippen LogP contribution in [0.1, 0.15) is 29.8 Å². The molecule has 0 aromatic heterocycles. The fourth-order valence-electron chi connectivity index (χ4n) is 2.06. The Hall–Kier alpha value is -2.35. The SMILES string of the molecule is CC(C)/C=C(/C(=O)c1ccccc1O)c1ccccc1. The van der Waals surface area contributed by atoms with Crippen LogP contribution in [-0.4, -0.2) is 10.9 Å². The van der Waals surface area contributed by atoms with Gasteiger partial charge in [0.2, 0.25) is 0 Å². The number of hydrogen-bond acceptors (Lipinski definition) is 2. The lowest BCUT2D eigenvalue weighted by atomic mass is 9.93. The summed E-state index contributed by atoms with van der Waals surface area (Å²) in [6.07, 6.45) is 1.93. The van der Waals surface area contributed by atoms with E-state index in [-0.39, 0.29) is 17.5 Å². The molecule has 0 radical (unpaired) electrons. The highest BCUT2D eigenvalue weighted by Gasteiger charge is 2.17. The number of para-hydroxylation sites is 1. The maximum absolute atomic E-state index is 12.7. The second kappa shape index (κ2) is 6.20. The van der Waals surface area contributed by atoms with Crippen LogP contribution in [0.5, 0.6) is 5.75 Å². The summed E-state index contributed by atoms with van der Waals surface area (Å²) in [6, 6.07) is 16.2. The van der Waals surface area contributed by atoms with Crippen molar-refractivity contribution in [1.29, 1.82) is 0 Å². The lowest BCUT2D eigenvalue weighted by Gasteiger charge is -2.10. The Morgan fingerprint density at radius 3 is 2.20 bits per heavy atom. The monoisotopic (exact) mass is 266 g/mol. The zero-order valence-electron chi connectivity index (χ0n) is 11.7. The van der Waals surface area contributed by atoms with Gasteiger partial charge in [-0.2, -0.15) is 0 Å². The van der Waals surface area contributed by atoms with Gasteiger partial charge in [-0.05, 0) is 23.6 Å². The molecular formula is C18H18O2. The standard InChI is InChI=1S/C18H18O2/c1-13(2)12-16(14-8-4-3-5-9-14)18(20)15-10-6-7-11-17(15)19/h3-13,19H,1-2H3/b16-12+. The maximum atomic E-state index is 12.7. The molecule has 2 aromatic rings. The van der Waals surface area contributed by atoms with Crippen molar-refractivity contribution in [2.75, 3.05) is 0 Å². The molecule has 0 saturated carbocycles. The summed E-state index contributed by atoms with van der Waals surface area (Å²) < 4.78 is 0. The average Bonchev–Trinajstić information content (AvgIpc) is 2.45. The molecule has 2 heteroatoms. The molecule has 0 heterocycles. The van der Waals surface area contributed by atoms with Crippen LogP contribution in [0.15, 0.2) is 60.7 Å². The van der Waals surface area contributed by atoms with E-state index in [2.05, 4.69) is 0 Å². The molecule has 0 aliphatic rings. The third-order valence-corrected chi connectivity index (χ3v) is 2.98. The van der Waals surface area contributed by atoms with Gasteiger partial charge in [-0.25, -0.2) is 0 Å². The molecule has 1 N–H and O–H groups in total. The fraction of sp³-hybridized carbons (Fsp3) is 0.167. The van der Waals surface area contributed by atoms with E-state index in [4.69, 9.17) is 0 Å². The van der Waals surface area contributed by atoms with Crippen LogP contribution in [0.25, 0.3) is 5.57 Å². The summed E-state index contributed by atoms with van der Waals surface area (Å²) in [5, 5.41) is 9.86. The number of allylic oxidation sites excluding steroid dienone is 2. The number of benzene rings is 2. The Labute approximate surface area is 119 Å². The lowest BCUT2D eigenvalue weighted by molar-refractivity contribution is 0.105. The topological polar surface area (TPSA) is 37.3 Å². The smallest absolute Gasteiger partial charge is 0.197 e. The molecule has 0 aliphatic carbocycles. The molecule has 0 atom stereocenters. The van der Waals surface area contributed by atoms with Crippen molar-refractivity contribution in [3.05, 3.63) is 71.8 Å². The highest BCUT2D eigenvalue weighted by molar-refractivity contribution is 6.29. The number of hydrogen-bond donors (Lipinski definition) is 1. The van der Waals surface area contributed by atoms with Gasteiger partial charge in [0, 0.05) is 5.57 Å². The molecule has 0 aliphatic heterocycles. The van der Waals surface area contributed by atoms with Gasteiger partial charge in [-0.3, -0.25) is 4.79 Å². The summed E-state index contributed by atoms with van der Waals surface area (Å²) >= 11 is 0. The van der Waals surface area contributed by atoms with Crippen molar-refractivity contribution < 1.29 is 9.90 Å². The van der Waals surface area contributed by atoms with Gasteiger partial charge in [-0.15, -0.1) is 0 Å². The Bertz CT molecular complexity index is 625. The molecule has 2 nitrogen and oxygen atoms in total. The molecule has 0 amide bonds. The second-order valence-corrected chi connectivity index (χ2v) is 5.04. The highest BCUT2D eigenvalue weighted by Crippen LogP contribution is 2.26. The Morgan fingerprint density at radius 2 is 1.60 bits per heavy atom. The third-order valence-electron chi connectivity index (χ3n) is 2.98. The first-order chi connectivity index (χ1) is 9.59. The molecular weight excluding hydrogens is 248 g/mol. The van der Waals surface area contributed by atoms with E-state index in [9.17, 15) is 9.90 Å². The van der Waals surface area contributed by atoms with Crippen molar-refractivity contribution in [2.24, 2.45) is 5.92 Å². The molecule has 0 spiro atoms. The minimum absolute atomic E-state index is 0.0167. The largest absolute Gasteiger partial charge is 0.507 e. The normalized spacial score (nSPS) is 11.7. The van der Waals surface area contributed by atoms with Crippen molar-refractivity contribution in [3.63, 3.8) is 0 Å². The fourth-order valence-corrected chi connectivity index (χ4v) is 2.06. The molecule has 0 bridgehead atoms. The van der Waals surface area contributed by atoms with E-state index in [1.807, 2.05) is 50.3 Å². The van der Waals surface area contributed by atoms with Crippen LogP contribution in [0.2, 0.25) is 0 Å². The third kappa shape index (κ3) is 3.15. The predicted octanol–water partition coefficient (Wildman–Crippen LogP) is 4.31. The van der Waals surface area contributed by atoms with Crippen molar-refractivity contribution in [3.8, 4) is 5.75 Å².